The minimum absolute atomic E-state index is 0.0791. The second kappa shape index (κ2) is 5.81. The van der Waals surface area contributed by atoms with Crippen LogP contribution in [-0.4, -0.2) is 24.7 Å². The topological polar surface area (TPSA) is 71.4 Å². The van der Waals surface area contributed by atoms with E-state index in [1.807, 2.05) is 41.3 Å². The Hall–Kier alpha value is -3.15. The van der Waals surface area contributed by atoms with E-state index in [0.29, 0.717) is 0 Å². The smallest absolute Gasteiger partial charge is 0.142 e. The molecule has 0 unspecified atom stereocenters. The van der Waals surface area contributed by atoms with Crippen molar-refractivity contribution in [3.05, 3.63) is 66.4 Å². The Balaban J connectivity index is 1.65. The molecule has 0 saturated carbocycles. The van der Waals surface area contributed by atoms with E-state index < -0.39 is 0 Å². The van der Waals surface area contributed by atoms with Gasteiger partial charge in [0.15, 0.2) is 0 Å². The summed E-state index contributed by atoms with van der Waals surface area (Å²) in [5.41, 5.74) is 4.14. The highest BCUT2D eigenvalue weighted by atomic mass is 15.3. The third-order valence-corrected chi connectivity index (χ3v) is 4.22. The van der Waals surface area contributed by atoms with Gasteiger partial charge < -0.3 is 10.3 Å². The monoisotopic (exact) mass is 318 g/mol. The Morgan fingerprint density at radius 3 is 2.79 bits per heavy atom. The summed E-state index contributed by atoms with van der Waals surface area (Å²) in [5, 5.41) is 8.99. The minimum Gasteiger partial charge on any atom is -0.363 e. The van der Waals surface area contributed by atoms with Gasteiger partial charge in [0.2, 0.25) is 0 Å². The molecule has 0 radical (unpaired) electrons. The fourth-order valence-electron chi connectivity index (χ4n) is 2.95. The molecule has 0 spiro atoms. The number of H-pyrrole nitrogens is 1. The van der Waals surface area contributed by atoms with Crippen molar-refractivity contribution in [1.29, 1.82) is 0 Å². The molecular formula is C18H18N6. The predicted octanol–water partition coefficient (Wildman–Crippen LogP) is 3.63. The van der Waals surface area contributed by atoms with E-state index >= 15 is 0 Å². The first-order valence-corrected chi connectivity index (χ1v) is 7.88. The maximum Gasteiger partial charge on any atom is 0.142 e. The van der Waals surface area contributed by atoms with Crippen LogP contribution in [-0.2, 0) is 0 Å². The summed E-state index contributed by atoms with van der Waals surface area (Å²) in [4.78, 5) is 11.7. The zero-order valence-electron chi connectivity index (χ0n) is 13.6. The number of fused-ring (bicyclic) bond motifs is 1. The fraction of sp³-hybridized carbons (Fsp3) is 0.167. The number of hydrogen-bond donors (Lipinski definition) is 2. The van der Waals surface area contributed by atoms with Crippen molar-refractivity contribution in [3.8, 4) is 5.69 Å². The summed E-state index contributed by atoms with van der Waals surface area (Å²) >= 11 is 0. The van der Waals surface area contributed by atoms with Crippen LogP contribution in [0.5, 0.6) is 0 Å². The fourth-order valence-corrected chi connectivity index (χ4v) is 2.95. The van der Waals surface area contributed by atoms with Crippen LogP contribution < -0.4 is 5.32 Å². The summed E-state index contributed by atoms with van der Waals surface area (Å²) < 4.78 is 1.96. The summed E-state index contributed by atoms with van der Waals surface area (Å²) in [5.74, 6) is 0.820. The minimum atomic E-state index is 0.0791. The van der Waals surface area contributed by atoms with Crippen molar-refractivity contribution >= 4 is 16.9 Å². The number of benzene rings is 1. The summed E-state index contributed by atoms with van der Waals surface area (Å²) in [6.07, 6.45) is 5.34. The quantitative estimate of drug-likeness (QED) is 0.603. The second-order valence-electron chi connectivity index (χ2n) is 5.76. The highest BCUT2D eigenvalue weighted by Gasteiger charge is 2.16. The first kappa shape index (κ1) is 14.4. The predicted molar refractivity (Wildman–Crippen MR) is 94.2 cm³/mol. The van der Waals surface area contributed by atoms with Crippen LogP contribution in [0.3, 0.4) is 0 Å². The van der Waals surface area contributed by atoms with Crippen LogP contribution in [0.25, 0.3) is 16.7 Å². The van der Waals surface area contributed by atoms with Crippen LogP contribution in [0, 0.1) is 6.92 Å². The van der Waals surface area contributed by atoms with Crippen molar-refractivity contribution in [3.63, 3.8) is 0 Å². The summed E-state index contributed by atoms with van der Waals surface area (Å²) in [7, 11) is 0. The molecule has 0 fully saturated rings. The number of nitrogens with one attached hydrogen (secondary N) is 2. The average molecular weight is 318 g/mol. The van der Waals surface area contributed by atoms with Crippen molar-refractivity contribution < 1.29 is 0 Å². The Morgan fingerprint density at radius 1 is 1.12 bits per heavy atom. The van der Waals surface area contributed by atoms with Gasteiger partial charge in [-0.1, -0.05) is 18.2 Å². The Bertz CT molecular complexity index is 970. The maximum absolute atomic E-state index is 4.54. The van der Waals surface area contributed by atoms with Gasteiger partial charge in [-0.25, -0.2) is 14.6 Å². The van der Waals surface area contributed by atoms with Crippen LogP contribution in [0.4, 0.5) is 5.82 Å². The number of para-hydroxylation sites is 1. The number of anilines is 1. The SMILES string of the molecule is Cc1c([C@@H](C)Nc2ncnc3[nH]ccc23)cnn1-c1ccccc1. The van der Waals surface area contributed by atoms with Gasteiger partial charge in [-0.15, -0.1) is 0 Å². The van der Waals surface area contributed by atoms with E-state index in [0.717, 1.165) is 33.8 Å². The van der Waals surface area contributed by atoms with Crippen LogP contribution in [0.1, 0.15) is 24.2 Å². The first-order valence-electron chi connectivity index (χ1n) is 7.88. The zero-order valence-corrected chi connectivity index (χ0v) is 13.6. The molecule has 1 aromatic carbocycles. The molecule has 6 heteroatoms. The molecule has 120 valence electrons. The van der Waals surface area contributed by atoms with Crippen molar-refractivity contribution in [2.75, 3.05) is 5.32 Å². The molecule has 3 aromatic heterocycles. The molecule has 3 heterocycles. The molecular weight excluding hydrogens is 300 g/mol. The third-order valence-electron chi connectivity index (χ3n) is 4.22. The number of aromatic amines is 1. The molecule has 6 nitrogen and oxygen atoms in total. The molecule has 0 aliphatic rings. The van der Waals surface area contributed by atoms with Gasteiger partial charge in [-0.05, 0) is 32.0 Å². The van der Waals surface area contributed by atoms with Gasteiger partial charge >= 0.3 is 0 Å². The largest absolute Gasteiger partial charge is 0.363 e. The number of hydrogen-bond acceptors (Lipinski definition) is 4. The van der Waals surface area contributed by atoms with E-state index in [1.54, 1.807) is 6.33 Å². The molecule has 4 aromatic rings. The van der Waals surface area contributed by atoms with Gasteiger partial charge in [-0.2, -0.15) is 5.10 Å². The van der Waals surface area contributed by atoms with Crippen molar-refractivity contribution in [2.24, 2.45) is 0 Å². The average Bonchev–Trinajstić information content (AvgIpc) is 3.23. The van der Waals surface area contributed by atoms with Crippen molar-refractivity contribution in [1.82, 2.24) is 24.7 Å². The van der Waals surface area contributed by atoms with Gasteiger partial charge in [0.1, 0.15) is 17.8 Å². The second-order valence-corrected chi connectivity index (χ2v) is 5.76. The molecule has 24 heavy (non-hydrogen) atoms. The Morgan fingerprint density at radius 2 is 1.96 bits per heavy atom. The third kappa shape index (κ3) is 2.42. The normalized spacial score (nSPS) is 12.4. The van der Waals surface area contributed by atoms with Gasteiger partial charge in [0, 0.05) is 17.5 Å². The highest BCUT2D eigenvalue weighted by molar-refractivity contribution is 5.86. The van der Waals surface area contributed by atoms with Crippen LogP contribution in [0.15, 0.2) is 55.1 Å². The lowest BCUT2D eigenvalue weighted by Gasteiger charge is -2.15. The summed E-state index contributed by atoms with van der Waals surface area (Å²) in [6.45, 7) is 4.19. The molecule has 2 N–H and O–H groups in total. The lowest BCUT2D eigenvalue weighted by molar-refractivity contribution is 0.827. The number of rotatable bonds is 4. The van der Waals surface area contributed by atoms with E-state index in [9.17, 15) is 0 Å². The standard InChI is InChI=1S/C18H18N6/c1-12(23-18-15-8-9-19-17(15)20-11-21-18)16-10-22-24(13(16)2)14-6-4-3-5-7-14/h3-12H,1-2H3,(H2,19,20,21,23)/t12-/m1/s1. The molecule has 0 amide bonds. The van der Waals surface area contributed by atoms with Crippen LogP contribution >= 0.6 is 0 Å². The summed E-state index contributed by atoms with van der Waals surface area (Å²) in [6, 6.07) is 12.2. The molecule has 0 bridgehead atoms. The van der Waals surface area contributed by atoms with Crippen LogP contribution in [0.2, 0.25) is 0 Å². The molecule has 0 aliphatic heterocycles. The maximum atomic E-state index is 4.54. The lowest BCUT2D eigenvalue weighted by Crippen LogP contribution is -2.09. The van der Waals surface area contributed by atoms with Gasteiger partial charge in [0.25, 0.3) is 0 Å². The zero-order chi connectivity index (χ0) is 16.5. The van der Waals surface area contributed by atoms with Gasteiger partial charge in [-0.3, -0.25) is 0 Å². The molecule has 0 saturated heterocycles. The van der Waals surface area contributed by atoms with Crippen molar-refractivity contribution in [2.45, 2.75) is 19.9 Å². The van der Waals surface area contributed by atoms with Gasteiger partial charge in [0.05, 0.1) is 23.3 Å². The van der Waals surface area contributed by atoms with E-state index in [-0.39, 0.29) is 6.04 Å². The molecule has 1 atom stereocenters. The van der Waals surface area contributed by atoms with E-state index in [4.69, 9.17) is 0 Å². The first-order chi connectivity index (χ1) is 11.7. The molecule has 4 rings (SSSR count). The number of aromatic nitrogens is 5. The Kier molecular flexibility index (Phi) is 3.49. The lowest BCUT2D eigenvalue weighted by atomic mass is 10.1. The number of nitrogens with zero attached hydrogens (tertiary/aromatic N) is 4. The van der Waals surface area contributed by atoms with E-state index in [1.165, 1.54) is 0 Å². The highest BCUT2D eigenvalue weighted by Crippen LogP contribution is 2.26. The molecule has 0 aliphatic carbocycles. The van der Waals surface area contributed by atoms with E-state index in [2.05, 4.69) is 51.3 Å². The Labute approximate surface area is 139 Å².